The molecule has 2 atom stereocenters. The first-order valence-electron chi connectivity index (χ1n) is 7.72. The van der Waals surface area contributed by atoms with E-state index in [1.165, 1.54) is 0 Å². The Bertz CT molecular complexity index is 502. The number of rotatable bonds is 1. The third kappa shape index (κ3) is 3.34. The third-order valence-corrected chi connectivity index (χ3v) is 4.24. The Balaban J connectivity index is 1.93. The fourth-order valence-corrected chi connectivity index (χ4v) is 3.08. The highest BCUT2D eigenvalue weighted by molar-refractivity contribution is 5.85. The van der Waals surface area contributed by atoms with E-state index < -0.39 is 11.0 Å². The zero-order valence-corrected chi connectivity index (χ0v) is 14.0. The summed E-state index contributed by atoms with van der Waals surface area (Å²) in [4.78, 5) is 27.9. The highest BCUT2D eigenvalue weighted by Crippen LogP contribution is 2.34. The van der Waals surface area contributed by atoms with Gasteiger partial charge in [0, 0.05) is 38.0 Å². The minimum Gasteiger partial charge on any atom is -0.444 e. The maximum absolute atomic E-state index is 12.3. The summed E-state index contributed by atoms with van der Waals surface area (Å²) in [6.07, 6.45) is -0.280. The molecule has 22 heavy (non-hydrogen) atoms. The number of amides is 2. The first-order chi connectivity index (χ1) is 10.0. The predicted octanol–water partition coefficient (Wildman–Crippen LogP) is 1.86. The molecule has 2 aliphatic heterocycles. The molecule has 0 N–H and O–H groups in total. The molecule has 2 heterocycles. The molecule has 0 spiro atoms. The highest BCUT2D eigenvalue weighted by atomic mass is 16.6. The molecule has 0 unspecified atom stereocenters. The molecule has 0 aromatic heterocycles. The van der Waals surface area contributed by atoms with Gasteiger partial charge in [-0.05, 0) is 34.6 Å². The average Bonchev–Trinajstić information content (AvgIpc) is 2.93. The predicted molar refractivity (Wildman–Crippen MR) is 80.8 cm³/mol. The minimum absolute atomic E-state index is 0.117. The summed E-state index contributed by atoms with van der Waals surface area (Å²) in [6.45, 7) is 11.3. The summed E-state index contributed by atoms with van der Waals surface area (Å²) < 4.78 is 5.40. The van der Waals surface area contributed by atoms with Crippen LogP contribution in [0.25, 0.3) is 0 Å². The monoisotopic (exact) mass is 307 g/mol. The van der Waals surface area contributed by atoms with Crippen LogP contribution in [-0.2, 0) is 9.53 Å². The number of carbonyl (C=O) groups excluding carboxylic acids is 2. The maximum atomic E-state index is 12.3. The van der Waals surface area contributed by atoms with Gasteiger partial charge in [-0.25, -0.2) is 4.79 Å². The van der Waals surface area contributed by atoms with Crippen LogP contribution in [0.4, 0.5) is 4.79 Å². The van der Waals surface area contributed by atoms with Crippen LogP contribution >= 0.6 is 0 Å². The number of nitrogens with zero attached hydrogens (tertiary/aromatic N) is 3. The van der Waals surface area contributed by atoms with E-state index in [9.17, 15) is 9.59 Å². The first kappa shape index (κ1) is 16.6. The van der Waals surface area contributed by atoms with Crippen LogP contribution in [0.2, 0.25) is 0 Å². The lowest BCUT2D eigenvalue weighted by atomic mass is 9.94. The van der Waals surface area contributed by atoms with Crippen molar-refractivity contribution in [1.29, 1.82) is 5.26 Å². The zero-order valence-electron chi connectivity index (χ0n) is 14.0. The SMILES string of the molecule is CC(C)(C)OC(=O)N1C[C@@H]2CN(C(=O)C(C)(C)C#N)C[C@@H]2C1. The van der Waals surface area contributed by atoms with E-state index in [1.807, 2.05) is 20.8 Å². The number of nitriles is 1. The molecule has 2 rings (SSSR count). The van der Waals surface area contributed by atoms with E-state index in [1.54, 1.807) is 23.6 Å². The Morgan fingerprint density at radius 3 is 1.86 bits per heavy atom. The van der Waals surface area contributed by atoms with Gasteiger partial charge in [0.1, 0.15) is 11.0 Å². The lowest BCUT2D eigenvalue weighted by molar-refractivity contribution is -0.136. The molecule has 0 bridgehead atoms. The highest BCUT2D eigenvalue weighted by Gasteiger charge is 2.46. The number of ether oxygens (including phenoxy) is 1. The van der Waals surface area contributed by atoms with Crippen molar-refractivity contribution in [2.45, 2.75) is 40.2 Å². The molecular formula is C16H25N3O3. The van der Waals surface area contributed by atoms with Gasteiger partial charge in [0.2, 0.25) is 5.91 Å². The van der Waals surface area contributed by atoms with Gasteiger partial charge >= 0.3 is 6.09 Å². The molecule has 0 aliphatic carbocycles. The number of hydrogen-bond donors (Lipinski definition) is 0. The molecule has 2 amide bonds. The van der Waals surface area contributed by atoms with E-state index in [2.05, 4.69) is 6.07 Å². The van der Waals surface area contributed by atoms with Crippen LogP contribution in [0.5, 0.6) is 0 Å². The molecule has 6 heteroatoms. The first-order valence-corrected chi connectivity index (χ1v) is 7.72. The van der Waals surface area contributed by atoms with Gasteiger partial charge in [0.05, 0.1) is 6.07 Å². The second-order valence-corrected chi connectivity index (χ2v) is 7.85. The van der Waals surface area contributed by atoms with Gasteiger partial charge < -0.3 is 14.5 Å². The van der Waals surface area contributed by atoms with Gasteiger partial charge in [-0.1, -0.05) is 0 Å². The Labute approximate surface area is 132 Å². The smallest absolute Gasteiger partial charge is 0.410 e. The molecule has 2 fully saturated rings. The molecule has 2 aliphatic rings. The molecule has 2 saturated heterocycles. The van der Waals surface area contributed by atoms with Crippen molar-refractivity contribution in [3.63, 3.8) is 0 Å². The minimum atomic E-state index is -0.983. The normalized spacial score (nSPS) is 24.9. The van der Waals surface area contributed by atoms with Crippen LogP contribution in [0, 0.1) is 28.6 Å². The van der Waals surface area contributed by atoms with E-state index in [0.717, 1.165) is 0 Å². The quantitative estimate of drug-likeness (QED) is 0.741. The summed E-state index contributed by atoms with van der Waals surface area (Å²) in [5.74, 6) is 0.449. The molecule has 0 aromatic carbocycles. The topological polar surface area (TPSA) is 73.6 Å². The van der Waals surface area contributed by atoms with Crippen LogP contribution in [0.3, 0.4) is 0 Å². The second kappa shape index (κ2) is 5.45. The Morgan fingerprint density at radius 2 is 1.45 bits per heavy atom. The van der Waals surface area contributed by atoms with E-state index >= 15 is 0 Å². The van der Waals surface area contributed by atoms with E-state index in [-0.39, 0.29) is 23.8 Å². The van der Waals surface area contributed by atoms with Gasteiger partial charge in [0.15, 0.2) is 0 Å². The molecule has 0 radical (unpaired) electrons. The molecule has 0 saturated carbocycles. The van der Waals surface area contributed by atoms with Gasteiger partial charge in [-0.3, -0.25) is 4.79 Å². The van der Waals surface area contributed by atoms with Crippen molar-refractivity contribution in [2.75, 3.05) is 26.2 Å². The van der Waals surface area contributed by atoms with E-state index in [4.69, 9.17) is 10.00 Å². The molecule has 0 aromatic rings. The summed E-state index contributed by atoms with van der Waals surface area (Å²) in [5, 5.41) is 9.08. The number of carbonyl (C=O) groups is 2. The number of fused-ring (bicyclic) bond motifs is 1. The van der Waals surface area contributed by atoms with Gasteiger partial charge in [0.25, 0.3) is 0 Å². The Morgan fingerprint density at radius 1 is 1.00 bits per heavy atom. The van der Waals surface area contributed by atoms with Gasteiger partial charge in [-0.2, -0.15) is 5.26 Å². The van der Waals surface area contributed by atoms with Crippen LogP contribution in [0.1, 0.15) is 34.6 Å². The molecule has 122 valence electrons. The number of hydrogen-bond acceptors (Lipinski definition) is 4. The molecular weight excluding hydrogens is 282 g/mol. The molecule has 6 nitrogen and oxygen atoms in total. The fourth-order valence-electron chi connectivity index (χ4n) is 3.08. The third-order valence-electron chi connectivity index (χ3n) is 4.24. The zero-order chi connectivity index (χ0) is 16.7. The van der Waals surface area contributed by atoms with Crippen molar-refractivity contribution in [1.82, 2.24) is 9.80 Å². The standard InChI is InChI=1S/C16H25N3O3/c1-15(2,3)22-14(21)19-8-11-6-18(7-12(11)9-19)13(20)16(4,5)10-17/h11-12H,6-9H2,1-5H3/t11-,12+. The summed E-state index contributed by atoms with van der Waals surface area (Å²) in [7, 11) is 0. The van der Waals surface area contributed by atoms with Crippen LogP contribution in [0.15, 0.2) is 0 Å². The maximum Gasteiger partial charge on any atom is 0.410 e. The largest absolute Gasteiger partial charge is 0.444 e. The lowest BCUT2D eigenvalue weighted by Gasteiger charge is -2.27. The summed E-state index contributed by atoms with van der Waals surface area (Å²) in [5.41, 5.74) is -1.48. The summed E-state index contributed by atoms with van der Waals surface area (Å²) >= 11 is 0. The average molecular weight is 307 g/mol. The second-order valence-electron chi connectivity index (χ2n) is 7.85. The number of likely N-dealkylation sites (tertiary alicyclic amines) is 2. The van der Waals surface area contributed by atoms with Crippen LogP contribution in [-0.4, -0.2) is 53.6 Å². The van der Waals surface area contributed by atoms with E-state index in [0.29, 0.717) is 26.2 Å². The summed E-state index contributed by atoms with van der Waals surface area (Å²) in [6, 6.07) is 2.06. The van der Waals surface area contributed by atoms with Crippen LogP contribution < -0.4 is 0 Å². The van der Waals surface area contributed by atoms with Gasteiger partial charge in [-0.15, -0.1) is 0 Å². The Hall–Kier alpha value is -1.77. The fraction of sp³-hybridized carbons (Fsp3) is 0.812. The lowest BCUT2D eigenvalue weighted by Crippen LogP contribution is -2.42. The van der Waals surface area contributed by atoms with Crippen molar-refractivity contribution < 1.29 is 14.3 Å². The van der Waals surface area contributed by atoms with Crippen molar-refractivity contribution in [2.24, 2.45) is 17.3 Å². The van der Waals surface area contributed by atoms with Crippen molar-refractivity contribution in [3.05, 3.63) is 0 Å². The van der Waals surface area contributed by atoms with Crippen molar-refractivity contribution >= 4 is 12.0 Å². The Kier molecular flexibility index (Phi) is 4.12. The van der Waals surface area contributed by atoms with Crippen molar-refractivity contribution in [3.8, 4) is 6.07 Å².